The summed E-state index contributed by atoms with van der Waals surface area (Å²) in [5, 5.41) is 11.0. The zero-order valence-corrected chi connectivity index (χ0v) is 81.3. The molecular weight excluding hydrogens is 1760 g/mol. The van der Waals surface area contributed by atoms with Crippen molar-refractivity contribution in [2.75, 3.05) is 0 Å². The van der Waals surface area contributed by atoms with E-state index in [1.54, 1.807) is 0 Å². The molecule has 3 aliphatic rings. The summed E-state index contributed by atoms with van der Waals surface area (Å²) in [6.07, 6.45) is 0. The molecule has 28 rings (SSSR count). The standard InChI is InChI=1S/2C45H33N3O2.C39H31N3O/c1-44(2)34-23-27(21-22-28(34)32-25-39-33(24-35(32)45(44,3)4)29-15-8-10-18-36(29)50-39)42-46-41(26-13-6-5-7-14-26)47-43(48-42)31-17-12-20-38-40(31)30-16-9-11-19-37(30)49-38;1-44(2)33-24-23-29-28-15-8-10-18-35(28)50-40(29)39(33)30-22-21-27(25-34(30)45(44,3)4)42-46-41(26-13-6-5-7-14-26)47-43(48-42)32-17-12-20-37-38(32)31-16-9-11-19-36(31)49-37;1-38(2)29-21-22-32-34(28-17-11-12-18-31(28)43-32)33(29)27-20-19-26(23-30(27)39(38,3)4)37-41-35(24-13-7-5-8-14-24)40-36(42-37)25-15-9-6-10-16-25/h2*5-25H,1-4H3;5-23H,1-4H3. The van der Waals surface area contributed by atoms with E-state index in [9.17, 15) is 0 Å². The Labute approximate surface area is 826 Å². The van der Waals surface area contributed by atoms with Crippen LogP contribution in [0, 0.1) is 0 Å². The van der Waals surface area contributed by atoms with Gasteiger partial charge in [0.15, 0.2) is 52.4 Å². The van der Waals surface area contributed by atoms with Gasteiger partial charge in [-0.25, -0.2) is 44.9 Å². The Balaban J connectivity index is 0.000000110. The lowest BCUT2D eigenvalue weighted by Crippen LogP contribution is -2.43. The quantitative estimate of drug-likeness (QED) is 0.133. The highest BCUT2D eigenvalue weighted by molar-refractivity contribution is 6.17. The molecule has 0 radical (unpaired) electrons. The second kappa shape index (κ2) is 32.2. The van der Waals surface area contributed by atoms with E-state index in [4.69, 9.17) is 66.9 Å². The van der Waals surface area contributed by atoms with Crippen molar-refractivity contribution in [1.29, 1.82) is 0 Å². The number of hydrogen-bond donors (Lipinski definition) is 0. The highest BCUT2D eigenvalue weighted by Gasteiger charge is 2.50. The molecule has 0 N–H and O–H groups in total. The third kappa shape index (κ3) is 13.5. The van der Waals surface area contributed by atoms with Crippen LogP contribution in [0.4, 0.5) is 0 Å². The van der Waals surface area contributed by atoms with Crippen LogP contribution in [-0.4, -0.2) is 44.9 Å². The predicted molar refractivity (Wildman–Crippen MR) is 579 cm³/mol. The summed E-state index contributed by atoms with van der Waals surface area (Å²) in [6.45, 7) is 28.3. The van der Waals surface area contributed by atoms with E-state index in [-0.39, 0.29) is 32.5 Å². The molecule has 688 valence electrons. The minimum atomic E-state index is -0.218. The fraction of sp³-hybridized carbons (Fsp3) is 0.140. The molecule has 8 aromatic heterocycles. The lowest BCUT2D eigenvalue weighted by molar-refractivity contribution is 0.299. The van der Waals surface area contributed by atoms with Crippen LogP contribution in [0.25, 0.3) is 246 Å². The number of furan rings is 5. The first-order valence-corrected chi connectivity index (χ1v) is 49.0. The van der Waals surface area contributed by atoms with Crippen LogP contribution >= 0.6 is 0 Å². The van der Waals surface area contributed by atoms with Gasteiger partial charge in [-0.1, -0.05) is 374 Å². The highest BCUT2D eigenvalue weighted by atomic mass is 16.3. The Morgan fingerprint density at radius 3 is 0.860 bits per heavy atom. The summed E-state index contributed by atoms with van der Waals surface area (Å²) in [5.74, 6) is 5.74. The molecular formula is C129H97N9O5. The van der Waals surface area contributed by atoms with E-state index in [2.05, 4.69) is 247 Å². The fourth-order valence-electron chi connectivity index (χ4n) is 22.5. The van der Waals surface area contributed by atoms with Crippen LogP contribution in [0.2, 0.25) is 0 Å². The van der Waals surface area contributed by atoms with Gasteiger partial charge in [0.25, 0.3) is 0 Å². The molecule has 14 heteroatoms. The Bertz CT molecular complexity index is 9490. The first-order chi connectivity index (χ1) is 69.4. The normalized spacial score (nSPS) is 14.8. The molecule has 0 atom stereocenters. The molecule has 0 unspecified atom stereocenters. The van der Waals surface area contributed by atoms with Gasteiger partial charge in [0, 0.05) is 109 Å². The lowest BCUT2D eigenvalue weighted by Gasteiger charge is -2.48. The Hall–Kier alpha value is -17.2. The SMILES string of the molecule is CC1(C)c2cc(-c3nc(-c4ccccc4)nc(-c4cccc5oc6ccccc6c45)n3)ccc2-c2c(ccc3c2oc2ccccc23)C1(C)C.CC1(C)c2cc(-c3nc(-c4ccccc4)nc(-c4cccc5oc6ccccc6c45)n3)ccc2-c2cc3oc4ccccc4c3cc2C1(C)C.CC1(C)c2cc(-c3nc(-c4ccccc4)nc(-c4ccccc4)n3)ccc2-c2c(ccc3oc4ccccc4c23)C1(C)C. The van der Waals surface area contributed by atoms with E-state index < -0.39 is 0 Å². The zero-order chi connectivity index (χ0) is 96.9. The van der Waals surface area contributed by atoms with Crippen molar-refractivity contribution in [3.8, 4) is 136 Å². The van der Waals surface area contributed by atoms with Crippen LogP contribution in [0.3, 0.4) is 0 Å². The van der Waals surface area contributed by atoms with Crippen molar-refractivity contribution in [3.63, 3.8) is 0 Å². The fourth-order valence-corrected chi connectivity index (χ4v) is 22.5. The number of hydrogen-bond acceptors (Lipinski definition) is 14. The van der Waals surface area contributed by atoms with Crippen LogP contribution in [-0.2, 0) is 32.5 Å². The van der Waals surface area contributed by atoms with Gasteiger partial charge in [0.1, 0.15) is 55.8 Å². The van der Waals surface area contributed by atoms with Gasteiger partial charge in [0.2, 0.25) is 0 Å². The maximum absolute atomic E-state index is 6.63. The Morgan fingerprint density at radius 2 is 0.441 bits per heavy atom. The largest absolute Gasteiger partial charge is 0.456 e. The number of aromatic nitrogens is 9. The van der Waals surface area contributed by atoms with Crippen molar-refractivity contribution < 1.29 is 22.1 Å². The second-order valence-electron chi connectivity index (χ2n) is 41.4. The van der Waals surface area contributed by atoms with Crippen molar-refractivity contribution >= 4 is 110 Å². The molecule has 25 aromatic rings. The van der Waals surface area contributed by atoms with Crippen molar-refractivity contribution in [3.05, 3.63) is 403 Å². The highest BCUT2D eigenvalue weighted by Crippen LogP contribution is 2.61. The van der Waals surface area contributed by atoms with E-state index in [1.165, 1.54) is 72.1 Å². The van der Waals surface area contributed by atoms with Gasteiger partial charge in [0.05, 0.1) is 0 Å². The minimum absolute atomic E-state index is 0.149. The first kappa shape index (κ1) is 86.1. The van der Waals surface area contributed by atoms with E-state index >= 15 is 0 Å². The van der Waals surface area contributed by atoms with E-state index in [0.29, 0.717) is 52.4 Å². The third-order valence-corrected chi connectivity index (χ3v) is 32.3. The first-order valence-electron chi connectivity index (χ1n) is 49.0. The molecule has 0 saturated heterocycles. The molecule has 0 spiro atoms. The van der Waals surface area contributed by atoms with Crippen LogP contribution < -0.4 is 0 Å². The van der Waals surface area contributed by atoms with Crippen LogP contribution in [0.15, 0.2) is 392 Å². The average molecular weight is 1850 g/mol. The second-order valence-corrected chi connectivity index (χ2v) is 41.4. The maximum atomic E-state index is 6.63. The third-order valence-electron chi connectivity index (χ3n) is 32.3. The molecule has 8 heterocycles. The van der Waals surface area contributed by atoms with Crippen molar-refractivity contribution in [1.82, 2.24) is 44.9 Å². The molecule has 0 bridgehead atoms. The average Bonchev–Trinajstić information content (AvgIpc) is 1.70. The molecule has 0 amide bonds. The summed E-state index contributed by atoms with van der Waals surface area (Å²) in [6, 6.07) is 128. The number of benzene rings is 17. The summed E-state index contributed by atoms with van der Waals surface area (Å²) in [7, 11) is 0. The molecule has 14 nitrogen and oxygen atoms in total. The van der Waals surface area contributed by atoms with Crippen molar-refractivity contribution in [2.24, 2.45) is 0 Å². The molecule has 17 aromatic carbocycles. The van der Waals surface area contributed by atoms with Crippen molar-refractivity contribution in [2.45, 2.75) is 116 Å². The molecule has 143 heavy (non-hydrogen) atoms. The van der Waals surface area contributed by atoms with E-state index in [1.807, 2.05) is 206 Å². The van der Waals surface area contributed by atoms with Gasteiger partial charge in [-0.3, -0.25) is 0 Å². The number of nitrogens with zero attached hydrogens (tertiary/aromatic N) is 9. The van der Waals surface area contributed by atoms with Crippen LogP contribution in [0.5, 0.6) is 0 Å². The van der Waals surface area contributed by atoms with Gasteiger partial charge in [-0.2, -0.15) is 0 Å². The molecule has 0 saturated carbocycles. The summed E-state index contributed by atoms with van der Waals surface area (Å²) >= 11 is 0. The smallest absolute Gasteiger partial charge is 0.164 e. The van der Waals surface area contributed by atoms with Gasteiger partial charge in [-0.15, -0.1) is 0 Å². The Morgan fingerprint density at radius 1 is 0.154 bits per heavy atom. The predicted octanol–water partition coefficient (Wildman–Crippen LogP) is 33.8. The number of para-hydroxylation sites is 5. The topological polar surface area (TPSA) is 182 Å². The Kier molecular flexibility index (Phi) is 19.4. The van der Waals surface area contributed by atoms with E-state index in [0.717, 1.165) is 154 Å². The monoisotopic (exact) mass is 1850 g/mol. The maximum Gasteiger partial charge on any atom is 0.164 e. The molecule has 0 aliphatic heterocycles. The molecule has 0 fully saturated rings. The number of fused-ring (bicyclic) bond motifs is 26. The summed E-state index contributed by atoms with van der Waals surface area (Å²) < 4.78 is 31.8. The zero-order valence-electron chi connectivity index (χ0n) is 81.3. The van der Waals surface area contributed by atoms with Gasteiger partial charge >= 0.3 is 0 Å². The summed E-state index contributed by atoms with van der Waals surface area (Å²) in [4.78, 5) is 45.7. The van der Waals surface area contributed by atoms with Gasteiger partial charge in [-0.05, 0) is 173 Å². The van der Waals surface area contributed by atoms with Gasteiger partial charge < -0.3 is 22.1 Å². The lowest BCUT2D eigenvalue weighted by atomic mass is 9.55. The van der Waals surface area contributed by atoms with Crippen LogP contribution in [0.1, 0.15) is 116 Å². The number of rotatable bonds is 9. The minimum Gasteiger partial charge on any atom is -0.456 e. The summed E-state index contributed by atoms with van der Waals surface area (Å²) in [5.41, 5.74) is 31.2. The molecule has 3 aliphatic carbocycles.